The number of fused-ring (bicyclic) bond motifs is 1. The molecule has 168 valence electrons. The highest BCUT2D eigenvalue weighted by Gasteiger charge is 2.20. The molecule has 0 aliphatic carbocycles. The van der Waals surface area contributed by atoms with E-state index >= 15 is 0 Å². The first kappa shape index (κ1) is 21.9. The maximum absolute atomic E-state index is 12.6. The summed E-state index contributed by atoms with van der Waals surface area (Å²) in [6.45, 7) is 6.41. The summed E-state index contributed by atoms with van der Waals surface area (Å²) in [5, 5.41) is 6.89. The van der Waals surface area contributed by atoms with Crippen LogP contribution in [0.15, 0.2) is 59.1 Å². The molecule has 0 unspecified atom stereocenters. The fraction of sp³-hybridized carbons (Fsp3) is 0.360. The Hall–Kier alpha value is -3.32. The number of ether oxygens (including phenoxy) is 2. The molecule has 0 atom stereocenters. The quantitative estimate of drug-likeness (QED) is 0.504. The molecule has 1 amide bonds. The summed E-state index contributed by atoms with van der Waals surface area (Å²) in [6.07, 6.45) is 2.08. The molecule has 0 fully saturated rings. The van der Waals surface area contributed by atoms with E-state index in [9.17, 15) is 4.79 Å². The molecule has 2 heterocycles. The van der Waals surface area contributed by atoms with Gasteiger partial charge in [0, 0.05) is 25.2 Å². The Kier molecular flexibility index (Phi) is 7.07. The van der Waals surface area contributed by atoms with Gasteiger partial charge in [-0.1, -0.05) is 55.4 Å². The molecular weight excluding hydrogens is 406 g/mol. The summed E-state index contributed by atoms with van der Waals surface area (Å²) in [6, 6.07) is 18.2. The molecule has 0 radical (unpaired) electrons. The highest BCUT2D eigenvalue weighted by atomic mass is 16.7. The topological polar surface area (TPSA) is 76.8 Å². The van der Waals surface area contributed by atoms with Gasteiger partial charge in [0.25, 0.3) is 5.91 Å². The third-order valence-electron chi connectivity index (χ3n) is 5.73. The molecule has 0 saturated carbocycles. The molecule has 1 aliphatic heterocycles. The number of rotatable bonds is 10. The molecule has 0 saturated heterocycles. The van der Waals surface area contributed by atoms with E-state index in [0.717, 1.165) is 30.7 Å². The van der Waals surface area contributed by atoms with Gasteiger partial charge in [-0.05, 0) is 36.1 Å². The zero-order valence-electron chi connectivity index (χ0n) is 18.5. The Morgan fingerprint density at radius 1 is 1.00 bits per heavy atom. The van der Waals surface area contributed by atoms with E-state index in [1.165, 1.54) is 5.56 Å². The number of aromatic nitrogens is 1. The average Bonchev–Trinajstić information content (AvgIpc) is 3.48. The van der Waals surface area contributed by atoms with Gasteiger partial charge < -0.3 is 19.3 Å². The fourth-order valence-corrected chi connectivity index (χ4v) is 3.96. The van der Waals surface area contributed by atoms with Gasteiger partial charge in [-0.15, -0.1) is 0 Å². The summed E-state index contributed by atoms with van der Waals surface area (Å²) in [4.78, 5) is 15.0. The molecule has 1 N–H and O–H groups in total. The summed E-state index contributed by atoms with van der Waals surface area (Å²) >= 11 is 0. The second-order valence-corrected chi connectivity index (χ2v) is 7.91. The Morgan fingerprint density at radius 2 is 1.78 bits per heavy atom. The highest BCUT2D eigenvalue weighted by Crippen LogP contribution is 2.32. The third-order valence-corrected chi connectivity index (χ3v) is 5.73. The number of carbonyl (C=O) groups is 1. The second-order valence-electron chi connectivity index (χ2n) is 7.91. The number of hydrogen-bond donors (Lipinski definition) is 1. The van der Waals surface area contributed by atoms with Crippen molar-refractivity contribution in [1.82, 2.24) is 15.4 Å². The minimum Gasteiger partial charge on any atom is -0.454 e. The Labute approximate surface area is 188 Å². The van der Waals surface area contributed by atoms with Crippen LogP contribution in [0.25, 0.3) is 0 Å². The third kappa shape index (κ3) is 5.29. The maximum atomic E-state index is 12.6. The molecule has 32 heavy (non-hydrogen) atoms. The Balaban J connectivity index is 1.38. The zero-order chi connectivity index (χ0) is 22.3. The van der Waals surface area contributed by atoms with Crippen molar-refractivity contribution in [3.63, 3.8) is 0 Å². The van der Waals surface area contributed by atoms with Crippen LogP contribution in [0, 0.1) is 0 Å². The molecule has 7 nitrogen and oxygen atoms in total. The van der Waals surface area contributed by atoms with Gasteiger partial charge in [0.05, 0.1) is 6.54 Å². The highest BCUT2D eigenvalue weighted by molar-refractivity contribution is 5.92. The van der Waals surface area contributed by atoms with Crippen LogP contribution in [0.1, 0.15) is 54.1 Å². The normalized spacial score (nSPS) is 12.5. The predicted octanol–water partition coefficient (Wildman–Crippen LogP) is 4.52. The summed E-state index contributed by atoms with van der Waals surface area (Å²) in [5.41, 5.74) is 2.46. The number of carbonyl (C=O) groups excluding carboxylic acids is 1. The van der Waals surface area contributed by atoms with Crippen molar-refractivity contribution in [2.24, 2.45) is 0 Å². The largest absolute Gasteiger partial charge is 0.454 e. The van der Waals surface area contributed by atoms with Crippen LogP contribution in [0.3, 0.4) is 0 Å². The van der Waals surface area contributed by atoms with Gasteiger partial charge in [-0.3, -0.25) is 9.69 Å². The van der Waals surface area contributed by atoms with Gasteiger partial charge in [-0.2, -0.15) is 0 Å². The molecule has 3 aromatic rings. The van der Waals surface area contributed by atoms with E-state index < -0.39 is 0 Å². The first-order valence-corrected chi connectivity index (χ1v) is 11.1. The number of nitrogens with one attached hydrogen (secondary N) is 1. The van der Waals surface area contributed by atoms with E-state index in [-0.39, 0.29) is 18.4 Å². The lowest BCUT2D eigenvalue weighted by Gasteiger charge is -2.29. The molecular formula is C25H29N3O4. The minimum atomic E-state index is -0.269. The van der Waals surface area contributed by atoms with Gasteiger partial charge in [0.1, 0.15) is 0 Å². The monoisotopic (exact) mass is 435 g/mol. The lowest BCUT2D eigenvalue weighted by Crippen LogP contribution is -2.33. The second kappa shape index (κ2) is 10.3. The van der Waals surface area contributed by atoms with Crippen molar-refractivity contribution in [1.29, 1.82) is 0 Å². The van der Waals surface area contributed by atoms with E-state index in [1.807, 2.05) is 24.3 Å². The van der Waals surface area contributed by atoms with E-state index in [4.69, 9.17) is 14.0 Å². The van der Waals surface area contributed by atoms with Crippen molar-refractivity contribution >= 4 is 5.91 Å². The molecule has 1 aliphatic rings. The number of nitrogens with zero attached hydrogens (tertiary/aromatic N) is 2. The smallest absolute Gasteiger partial charge is 0.273 e. The van der Waals surface area contributed by atoms with Crippen molar-refractivity contribution in [3.8, 4) is 11.5 Å². The number of amides is 1. The van der Waals surface area contributed by atoms with Crippen molar-refractivity contribution in [2.45, 2.75) is 52.4 Å². The molecule has 2 aromatic carbocycles. The first-order valence-electron chi connectivity index (χ1n) is 11.1. The SMILES string of the molecule is CCC(CC)N(Cc1ccccc1)Cc1cc(C(=O)NCc2ccc3c(c2)OCO3)no1. The van der Waals surface area contributed by atoms with Crippen LogP contribution in [-0.2, 0) is 19.6 Å². The summed E-state index contributed by atoms with van der Waals surface area (Å²) in [7, 11) is 0. The van der Waals surface area contributed by atoms with Crippen LogP contribution in [-0.4, -0.2) is 28.8 Å². The van der Waals surface area contributed by atoms with E-state index in [2.05, 4.69) is 53.5 Å². The Bertz CT molecular complexity index is 1030. The van der Waals surface area contributed by atoms with Gasteiger partial charge >= 0.3 is 0 Å². The van der Waals surface area contributed by atoms with Crippen molar-refractivity contribution in [2.75, 3.05) is 6.79 Å². The fourth-order valence-electron chi connectivity index (χ4n) is 3.96. The number of benzene rings is 2. The molecule has 4 rings (SSSR count). The summed E-state index contributed by atoms with van der Waals surface area (Å²) in [5.74, 6) is 1.83. The molecule has 7 heteroatoms. The van der Waals surface area contributed by atoms with Gasteiger partial charge in [-0.25, -0.2) is 0 Å². The predicted molar refractivity (Wildman–Crippen MR) is 120 cm³/mol. The summed E-state index contributed by atoms with van der Waals surface area (Å²) < 4.78 is 16.2. The van der Waals surface area contributed by atoms with Crippen LogP contribution in [0.2, 0.25) is 0 Å². The maximum Gasteiger partial charge on any atom is 0.273 e. The van der Waals surface area contributed by atoms with Crippen LogP contribution in [0.4, 0.5) is 0 Å². The number of hydrogen-bond acceptors (Lipinski definition) is 6. The van der Waals surface area contributed by atoms with Crippen molar-refractivity contribution < 1.29 is 18.8 Å². The standard InChI is InChI=1S/C25H29N3O4/c1-3-20(4-2)28(15-18-8-6-5-7-9-18)16-21-13-22(27-32-21)25(29)26-14-19-10-11-23-24(12-19)31-17-30-23/h5-13,20H,3-4,14-17H2,1-2H3,(H,26,29). The van der Waals surface area contributed by atoms with E-state index in [1.54, 1.807) is 6.07 Å². The minimum absolute atomic E-state index is 0.227. The van der Waals surface area contributed by atoms with Crippen LogP contribution < -0.4 is 14.8 Å². The zero-order valence-corrected chi connectivity index (χ0v) is 18.5. The lowest BCUT2D eigenvalue weighted by atomic mass is 10.1. The Morgan fingerprint density at radius 3 is 2.56 bits per heavy atom. The van der Waals surface area contributed by atoms with Gasteiger partial charge in [0.2, 0.25) is 6.79 Å². The van der Waals surface area contributed by atoms with Gasteiger partial charge in [0.15, 0.2) is 23.0 Å². The van der Waals surface area contributed by atoms with Crippen LogP contribution in [0.5, 0.6) is 11.5 Å². The van der Waals surface area contributed by atoms with E-state index in [0.29, 0.717) is 30.6 Å². The van der Waals surface area contributed by atoms with Crippen LogP contribution >= 0.6 is 0 Å². The molecule has 0 spiro atoms. The van der Waals surface area contributed by atoms with Crippen molar-refractivity contribution in [3.05, 3.63) is 77.2 Å². The molecule has 1 aromatic heterocycles. The lowest BCUT2D eigenvalue weighted by molar-refractivity contribution is 0.0941. The molecule has 0 bridgehead atoms. The average molecular weight is 436 g/mol. The first-order chi connectivity index (χ1) is 15.7.